The second-order valence-corrected chi connectivity index (χ2v) is 7.24. The van der Waals surface area contributed by atoms with Crippen LogP contribution >= 0.6 is 11.3 Å². The molecule has 2 aromatic heterocycles. The van der Waals surface area contributed by atoms with Crippen LogP contribution in [0.15, 0.2) is 42.6 Å². The van der Waals surface area contributed by atoms with E-state index in [0.29, 0.717) is 0 Å². The first-order chi connectivity index (χ1) is 11.3. The molecule has 1 saturated heterocycles. The van der Waals surface area contributed by atoms with Gasteiger partial charge in [0.2, 0.25) is 0 Å². The molecule has 23 heavy (non-hydrogen) atoms. The van der Waals surface area contributed by atoms with Crippen LogP contribution in [0.2, 0.25) is 0 Å². The van der Waals surface area contributed by atoms with Crippen molar-refractivity contribution < 1.29 is 0 Å². The third kappa shape index (κ3) is 3.29. The molecule has 1 fully saturated rings. The number of thiophene rings is 1. The fourth-order valence-corrected chi connectivity index (χ4v) is 3.98. The summed E-state index contributed by atoms with van der Waals surface area (Å²) in [6.45, 7) is 5.72. The molecule has 0 amide bonds. The fourth-order valence-electron chi connectivity index (χ4n) is 2.99. The Kier molecular flexibility index (Phi) is 4.12. The molecule has 0 atom stereocenters. The van der Waals surface area contributed by atoms with Crippen molar-refractivity contribution in [3.8, 4) is 10.4 Å². The molecule has 0 saturated carbocycles. The van der Waals surface area contributed by atoms with E-state index in [1.165, 1.54) is 29.1 Å². The molecule has 0 aliphatic carbocycles. The first kappa shape index (κ1) is 14.8. The predicted molar refractivity (Wildman–Crippen MR) is 96.7 cm³/mol. The van der Waals surface area contributed by atoms with Gasteiger partial charge in [-0.25, -0.2) is 0 Å². The van der Waals surface area contributed by atoms with E-state index in [-0.39, 0.29) is 0 Å². The number of benzene rings is 1. The zero-order chi connectivity index (χ0) is 15.6. The van der Waals surface area contributed by atoms with E-state index in [2.05, 4.69) is 58.2 Å². The Bertz CT molecular complexity index is 753. The van der Waals surface area contributed by atoms with E-state index in [0.717, 1.165) is 29.9 Å². The van der Waals surface area contributed by atoms with Crippen molar-refractivity contribution >= 4 is 21.6 Å². The summed E-state index contributed by atoms with van der Waals surface area (Å²) in [5.41, 5.74) is 3.70. The van der Waals surface area contributed by atoms with E-state index >= 15 is 0 Å². The number of likely N-dealkylation sites (N-methyl/N-ethyl adjacent to an activating group) is 1. The van der Waals surface area contributed by atoms with Gasteiger partial charge in [0.05, 0.1) is 10.2 Å². The van der Waals surface area contributed by atoms with Gasteiger partial charge in [-0.3, -0.25) is 9.88 Å². The van der Waals surface area contributed by atoms with E-state index < -0.39 is 0 Å². The zero-order valence-electron chi connectivity index (χ0n) is 13.3. The van der Waals surface area contributed by atoms with Crippen molar-refractivity contribution in [2.75, 3.05) is 33.2 Å². The molecule has 4 heteroatoms. The molecule has 1 aromatic carbocycles. The second kappa shape index (κ2) is 6.40. The van der Waals surface area contributed by atoms with E-state index in [1.807, 2.05) is 6.07 Å². The molecular formula is C19H20N3S. The Labute approximate surface area is 141 Å². The topological polar surface area (TPSA) is 19.4 Å². The molecule has 1 aliphatic rings. The molecule has 1 aliphatic heterocycles. The average Bonchev–Trinajstić information content (AvgIpc) is 3.02. The number of fused-ring (bicyclic) bond motifs is 1. The third-order valence-electron chi connectivity index (χ3n) is 4.46. The first-order valence-corrected chi connectivity index (χ1v) is 8.86. The monoisotopic (exact) mass is 322 g/mol. The van der Waals surface area contributed by atoms with Crippen molar-refractivity contribution in [1.82, 2.24) is 14.8 Å². The first-order valence-electron chi connectivity index (χ1n) is 8.04. The molecule has 3 nitrogen and oxygen atoms in total. The largest absolute Gasteiger partial charge is 0.304 e. The minimum absolute atomic E-state index is 1.04. The van der Waals surface area contributed by atoms with Crippen LogP contribution in [0.25, 0.3) is 20.7 Å². The number of nitrogens with zero attached hydrogens (tertiary/aromatic N) is 3. The maximum Gasteiger partial charge on any atom is 0.0822 e. The second-order valence-electron chi connectivity index (χ2n) is 6.19. The molecule has 0 N–H and O–H groups in total. The Morgan fingerprint density at radius 3 is 2.65 bits per heavy atom. The highest BCUT2D eigenvalue weighted by Gasteiger charge is 2.13. The molecule has 4 rings (SSSR count). The average molecular weight is 322 g/mol. The quantitative estimate of drug-likeness (QED) is 0.735. The summed E-state index contributed by atoms with van der Waals surface area (Å²) >= 11 is 1.76. The summed E-state index contributed by atoms with van der Waals surface area (Å²) in [7, 11) is 2.20. The molecule has 0 spiro atoms. The lowest BCUT2D eigenvalue weighted by Crippen LogP contribution is -2.43. The van der Waals surface area contributed by atoms with Gasteiger partial charge in [-0.05, 0) is 30.3 Å². The van der Waals surface area contributed by atoms with Gasteiger partial charge in [0.1, 0.15) is 0 Å². The van der Waals surface area contributed by atoms with Crippen molar-refractivity contribution in [1.29, 1.82) is 0 Å². The highest BCUT2D eigenvalue weighted by atomic mass is 32.1. The van der Waals surface area contributed by atoms with Crippen LogP contribution in [0.3, 0.4) is 0 Å². The predicted octanol–water partition coefficient (Wildman–Crippen LogP) is 3.51. The molecule has 0 bridgehead atoms. The highest BCUT2D eigenvalue weighted by molar-refractivity contribution is 7.22. The minimum Gasteiger partial charge on any atom is -0.304 e. The summed E-state index contributed by atoms with van der Waals surface area (Å²) in [6.07, 6.45) is 1.80. The molecule has 0 unspecified atom stereocenters. The highest BCUT2D eigenvalue weighted by Crippen LogP contribution is 2.32. The van der Waals surface area contributed by atoms with Gasteiger partial charge in [-0.2, -0.15) is 0 Å². The maximum absolute atomic E-state index is 4.40. The standard InChI is InChI=1S/C19H20N3S/c1-21-9-11-22(12-10-21)14-15-4-6-16(7-5-15)19-13-17-18(23-19)3-2-8-20-17/h2,4-8,13H,9-12,14H2,1H3. The van der Waals surface area contributed by atoms with Gasteiger partial charge >= 0.3 is 0 Å². The van der Waals surface area contributed by atoms with Crippen molar-refractivity contribution in [3.05, 3.63) is 54.2 Å². The van der Waals surface area contributed by atoms with Crippen LogP contribution in [-0.4, -0.2) is 48.0 Å². The van der Waals surface area contributed by atoms with Crippen LogP contribution in [-0.2, 0) is 6.54 Å². The van der Waals surface area contributed by atoms with Crippen molar-refractivity contribution in [3.63, 3.8) is 0 Å². The summed E-state index contributed by atoms with van der Waals surface area (Å²) in [5, 5.41) is 0. The molecule has 1 radical (unpaired) electrons. The Morgan fingerprint density at radius 2 is 1.91 bits per heavy atom. The van der Waals surface area contributed by atoms with Crippen LogP contribution in [0.4, 0.5) is 0 Å². The maximum atomic E-state index is 4.40. The van der Waals surface area contributed by atoms with Crippen LogP contribution in [0.1, 0.15) is 5.56 Å². The summed E-state index contributed by atoms with van der Waals surface area (Å²) < 4.78 is 1.13. The third-order valence-corrected chi connectivity index (χ3v) is 5.56. The SMILES string of the molecule is CN1CCN(Cc2ccc(-c3cc4ncc[c]c4s3)cc2)CC1. The lowest BCUT2D eigenvalue weighted by molar-refractivity contribution is 0.148. The minimum atomic E-state index is 1.04. The zero-order valence-corrected chi connectivity index (χ0v) is 14.1. The van der Waals surface area contributed by atoms with Gasteiger partial charge in [-0.15, -0.1) is 11.3 Å². The van der Waals surface area contributed by atoms with E-state index in [1.54, 1.807) is 17.5 Å². The van der Waals surface area contributed by atoms with Gasteiger partial charge in [0.15, 0.2) is 0 Å². The molecule has 3 heterocycles. The normalized spacial score (nSPS) is 16.9. The number of pyridine rings is 1. The number of hydrogen-bond acceptors (Lipinski definition) is 4. The summed E-state index contributed by atoms with van der Waals surface area (Å²) in [6, 6.07) is 16.3. The lowest BCUT2D eigenvalue weighted by atomic mass is 10.1. The Balaban J connectivity index is 1.49. The number of piperazine rings is 1. The van der Waals surface area contributed by atoms with E-state index in [4.69, 9.17) is 0 Å². The number of hydrogen-bond donors (Lipinski definition) is 0. The molecule has 117 valence electrons. The summed E-state index contributed by atoms with van der Waals surface area (Å²) in [4.78, 5) is 10.6. The number of aromatic nitrogens is 1. The van der Waals surface area contributed by atoms with Crippen molar-refractivity contribution in [2.45, 2.75) is 6.54 Å². The van der Waals surface area contributed by atoms with Crippen LogP contribution in [0, 0.1) is 6.07 Å². The van der Waals surface area contributed by atoms with Gasteiger partial charge in [-0.1, -0.05) is 24.3 Å². The van der Waals surface area contributed by atoms with Crippen LogP contribution < -0.4 is 0 Å². The Hall–Kier alpha value is -1.75. The lowest BCUT2D eigenvalue weighted by Gasteiger charge is -2.32. The molecule has 3 aromatic rings. The van der Waals surface area contributed by atoms with Gasteiger partial charge < -0.3 is 4.90 Å². The molecular weight excluding hydrogens is 302 g/mol. The Morgan fingerprint density at radius 1 is 1.13 bits per heavy atom. The van der Waals surface area contributed by atoms with E-state index in [9.17, 15) is 0 Å². The fraction of sp³-hybridized carbons (Fsp3) is 0.316. The number of rotatable bonds is 3. The van der Waals surface area contributed by atoms with Crippen molar-refractivity contribution in [2.24, 2.45) is 0 Å². The summed E-state index contributed by atoms with van der Waals surface area (Å²) in [5.74, 6) is 0. The van der Waals surface area contributed by atoms with Gasteiger partial charge in [0.25, 0.3) is 0 Å². The van der Waals surface area contributed by atoms with Gasteiger partial charge in [0, 0.05) is 49.9 Å². The smallest absolute Gasteiger partial charge is 0.0822 e. The van der Waals surface area contributed by atoms with Crippen LogP contribution in [0.5, 0.6) is 0 Å².